The number of hydrogen-bond donors (Lipinski definition) is 2. The fourth-order valence-electron chi connectivity index (χ4n) is 3.39. The Balaban J connectivity index is 4.67. The first-order chi connectivity index (χ1) is 11.2. The summed E-state index contributed by atoms with van der Waals surface area (Å²) in [6.45, 7) is 18.0. The van der Waals surface area contributed by atoms with E-state index in [9.17, 15) is 0 Å². The molecule has 0 fully saturated rings. The van der Waals surface area contributed by atoms with Gasteiger partial charge in [-0.3, -0.25) is 0 Å². The Morgan fingerprint density at radius 2 is 0.840 bits per heavy atom. The molecule has 0 spiro atoms. The molecule has 0 heterocycles. The van der Waals surface area contributed by atoms with Crippen LogP contribution in [0.3, 0.4) is 0 Å². The average molecular weight is 459 g/mol. The molecule has 0 aromatic carbocycles. The molecule has 0 unspecified atom stereocenters. The lowest BCUT2D eigenvalue weighted by atomic mass is 10.4. The minimum Gasteiger partial charge on any atom is -0.436 e. The van der Waals surface area contributed by atoms with Crippen LogP contribution in [0.25, 0.3) is 0 Å². The van der Waals surface area contributed by atoms with Gasteiger partial charge in [0.1, 0.15) is 0 Å². The Labute approximate surface area is 172 Å². The molecule has 0 amide bonds. The zero-order valence-electron chi connectivity index (χ0n) is 17.8. The van der Waals surface area contributed by atoms with Crippen LogP contribution in [0.4, 0.5) is 0 Å². The summed E-state index contributed by atoms with van der Waals surface area (Å²) >= 11 is 8.62. The third-order valence-corrected chi connectivity index (χ3v) is 19.9. The molecule has 0 aliphatic heterocycles. The highest BCUT2D eigenvalue weighted by Gasteiger charge is 2.43. The predicted octanol–water partition coefficient (Wildman–Crippen LogP) is 6.27. The molecule has 3 nitrogen and oxygen atoms in total. The van der Waals surface area contributed by atoms with E-state index in [1.54, 1.807) is 0 Å². The molecule has 0 aliphatic carbocycles. The minimum atomic E-state index is -2.18. The summed E-state index contributed by atoms with van der Waals surface area (Å²) in [5.74, 6) is 1.92. The van der Waals surface area contributed by atoms with Gasteiger partial charge >= 0.3 is 17.1 Å². The molecule has 25 heavy (non-hydrogen) atoms. The van der Waals surface area contributed by atoms with E-state index in [2.05, 4.69) is 77.6 Å². The van der Waals surface area contributed by atoms with Gasteiger partial charge in [-0.2, -0.15) is 25.3 Å². The summed E-state index contributed by atoms with van der Waals surface area (Å²) in [7, 11) is -7.74. The minimum absolute atomic E-state index is 0.961. The smallest absolute Gasteiger partial charge is 0.312 e. The summed E-state index contributed by atoms with van der Waals surface area (Å²) in [6.07, 6.45) is 4.74. The molecule has 0 rings (SSSR count). The second-order valence-corrected chi connectivity index (χ2v) is 26.0. The standard InChI is InChI=1S/C16H42O3S2Si4/c1-22(2,15-11-9-13-20)17-24(5,6)19-25(7,8)18-23(3,4)16-12-10-14-21/h20-21H,9-16H2,1-8H3. The van der Waals surface area contributed by atoms with E-state index >= 15 is 0 Å². The van der Waals surface area contributed by atoms with Gasteiger partial charge in [0.25, 0.3) is 0 Å². The molecule has 0 saturated heterocycles. The first-order valence-electron chi connectivity index (χ1n) is 9.56. The largest absolute Gasteiger partial charge is 0.436 e. The first kappa shape index (κ1) is 26.4. The Morgan fingerprint density at radius 1 is 0.520 bits per heavy atom. The summed E-state index contributed by atoms with van der Waals surface area (Å²) in [4.78, 5) is 0. The van der Waals surface area contributed by atoms with Crippen LogP contribution in [0.5, 0.6) is 0 Å². The van der Waals surface area contributed by atoms with Crippen molar-refractivity contribution in [3.8, 4) is 0 Å². The Bertz CT molecular complexity index is 346. The van der Waals surface area contributed by atoms with Crippen LogP contribution in [-0.2, 0) is 12.3 Å². The van der Waals surface area contributed by atoms with E-state index in [0.29, 0.717) is 0 Å². The normalized spacial score (nSPS) is 14.2. The third-order valence-electron chi connectivity index (χ3n) is 3.91. The van der Waals surface area contributed by atoms with Gasteiger partial charge < -0.3 is 12.3 Å². The maximum Gasteiger partial charge on any atom is 0.312 e. The van der Waals surface area contributed by atoms with Gasteiger partial charge in [-0.1, -0.05) is 12.8 Å². The molecule has 0 atom stereocenters. The molecule has 0 aliphatic rings. The molecular weight excluding hydrogens is 417 g/mol. The molecule has 0 radical (unpaired) electrons. The Morgan fingerprint density at radius 3 is 1.12 bits per heavy atom. The van der Waals surface area contributed by atoms with Gasteiger partial charge in [0.15, 0.2) is 16.6 Å². The fourth-order valence-corrected chi connectivity index (χ4v) is 23.3. The molecule has 0 N–H and O–H groups in total. The maximum absolute atomic E-state index is 6.61. The van der Waals surface area contributed by atoms with E-state index in [0.717, 1.165) is 11.5 Å². The topological polar surface area (TPSA) is 27.7 Å². The summed E-state index contributed by atoms with van der Waals surface area (Å²) in [6, 6.07) is 2.36. The van der Waals surface area contributed by atoms with Gasteiger partial charge in [-0.05, 0) is 88.8 Å². The van der Waals surface area contributed by atoms with Crippen LogP contribution in [0.1, 0.15) is 25.7 Å². The number of unbranched alkanes of at least 4 members (excludes halogenated alkanes) is 2. The van der Waals surface area contributed by atoms with Crippen LogP contribution < -0.4 is 0 Å². The van der Waals surface area contributed by atoms with Crippen LogP contribution in [0, 0.1) is 0 Å². The zero-order valence-corrected chi connectivity index (χ0v) is 23.6. The predicted molar refractivity (Wildman–Crippen MR) is 129 cm³/mol. The first-order valence-corrected chi connectivity index (χ1v) is 22.7. The van der Waals surface area contributed by atoms with Crippen molar-refractivity contribution in [1.82, 2.24) is 0 Å². The molecule has 0 aromatic rings. The fraction of sp³-hybridized carbons (Fsp3) is 1.00. The van der Waals surface area contributed by atoms with Gasteiger partial charge in [-0.15, -0.1) is 0 Å². The van der Waals surface area contributed by atoms with E-state index in [-0.39, 0.29) is 0 Å². The van der Waals surface area contributed by atoms with E-state index in [4.69, 9.17) is 12.3 Å². The van der Waals surface area contributed by atoms with Crippen molar-refractivity contribution in [3.63, 3.8) is 0 Å². The molecule has 0 bridgehead atoms. The van der Waals surface area contributed by atoms with Crippen molar-refractivity contribution < 1.29 is 12.3 Å². The van der Waals surface area contributed by atoms with Crippen LogP contribution in [-0.4, -0.2) is 45.3 Å². The molecule has 9 heteroatoms. The second-order valence-electron chi connectivity index (χ2n) is 8.99. The van der Waals surface area contributed by atoms with Crippen molar-refractivity contribution in [1.29, 1.82) is 0 Å². The highest BCUT2D eigenvalue weighted by atomic mass is 32.1. The molecule has 0 aromatic heterocycles. The van der Waals surface area contributed by atoms with Crippen molar-refractivity contribution in [2.75, 3.05) is 11.5 Å². The van der Waals surface area contributed by atoms with Crippen molar-refractivity contribution in [2.24, 2.45) is 0 Å². The quantitative estimate of drug-likeness (QED) is 0.182. The van der Waals surface area contributed by atoms with Crippen LogP contribution in [0.2, 0.25) is 64.5 Å². The number of rotatable bonds is 14. The van der Waals surface area contributed by atoms with Gasteiger partial charge in [0.05, 0.1) is 0 Å². The van der Waals surface area contributed by atoms with E-state index in [1.165, 1.54) is 37.8 Å². The SMILES string of the molecule is C[Si](C)(CCCCS)O[Si](C)(C)O[Si](C)(C)O[Si](C)(C)CCCCS. The molecule has 152 valence electrons. The van der Waals surface area contributed by atoms with Gasteiger partial charge in [0, 0.05) is 0 Å². The maximum atomic E-state index is 6.61. The van der Waals surface area contributed by atoms with Crippen LogP contribution in [0.15, 0.2) is 0 Å². The third kappa shape index (κ3) is 14.1. The van der Waals surface area contributed by atoms with Crippen molar-refractivity contribution in [3.05, 3.63) is 0 Å². The number of thiol groups is 2. The number of hydrogen-bond acceptors (Lipinski definition) is 5. The lowest BCUT2D eigenvalue weighted by Crippen LogP contribution is -2.56. The Hall–Kier alpha value is 1.45. The molecule has 0 saturated carbocycles. The van der Waals surface area contributed by atoms with Gasteiger partial charge in [0.2, 0.25) is 0 Å². The lowest BCUT2D eigenvalue weighted by Gasteiger charge is -2.41. The second kappa shape index (κ2) is 11.4. The Kier molecular flexibility index (Phi) is 12.1. The summed E-state index contributed by atoms with van der Waals surface area (Å²) in [5, 5.41) is 0. The van der Waals surface area contributed by atoms with E-state index < -0.39 is 33.8 Å². The summed E-state index contributed by atoms with van der Waals surface area (Å²) in [5.41, 5.74) is 0. The highest BCUT2D eigenvalue weighted by molar-refractivity contribution is 7.80. The van der Waals surface area contributed by atoms with Crippen molar-refractivity contribution >= 4 is 59.0 Å². The summed E-state index contributed by atoms with van der Waals surface area (Å²) < 4.78 is 19.8. The van der Waals surface area contributed by atoms with E-state index in [1.807, 2.05) is 0 Å². The lowest BCUT2D eigenvalue weighted by molar-refractivity contribution is 0.327. The molecular formula is C16H42O3S2Si4. The average Bonchev–Trinajstić information content (AvgIpc) is 2.34. The monoisotopic (exact) mass is 458 g/mol. The van der Waals surface area contributed by atoms with Crippen molar-refractivity contribution in [2.45, 2.75) is 90.1 Å². The van der Waals surface area contributed by atoms with Crippen LogP contribution >= 0.6 is 25.3 Å². The van der Waals surface area contributed by atoms with Gasteiger partial charge in [-0.25, -0.2) is 0 Å². The zero-order chi connectivity index (χ0) is 19.8. The highest BCUT2D eigenvalue weighted by Crippen LogP contribution is 2.27.